The van der Waals surface area contributed by atoms with Gasteiger partial charge in [0.2, 0.25) is 0 Å². The fourth-order valence-corrected chi connectivity index (χ4v) is 4.14. The van der Waals surface area contributed by atoms with E-state index >= 15 is 0 Å². The topological polar surface area (TPSA) is 30.2 Å². The van der Waals surface area contributed by atoms with Gasteiger partial charge in [0, 0.05) is 37.7 Å². The average Bonchev–Trinajstić information content (AvgIpc) is 2.96. The van der Waals surface area contributed by atoms with E-state index in [-0.39, 0.29) is 16.6 Å². The number of carbonyl (C=O) groups excluding carboxylic acids is 1. The molecule has 0 bridgehead atoms. The number of hydrogen-bond acceptors (Lipinski definition) is 2. The number of benzene rings is 2. The zero-order valence-electron chi connectivity index (χ0n) is 17.2. The number of allylic oxidation sites excluding steroid dienone is 1. The van der Waals surface area contributed by atoms with Crippen molar-refractivity contribution in [2.24, 2.45) is 5.41 Å². The maximum absolute atomic E-state index is 13.3. The van der Waals surface area contributed by atoms with Crippen LogP contribution in [-0.2, 0) is 5.41 Å². The van der Waals surface area contributed by atoms with E-state index in [4.69, 9.17) is 4.42 Å². The lowest BCUT2D eigenvalue weighted by atomic mass is 9.76. The SMILES string of the molecule is CC(C)(C)C1=Cc2c(-c3ccc(Br)cc3)oc3c(C(C)(C)C)ccc(c23)C1=O. The summed E-state index contributed by atoms with van der Waals surface area (Å²) in [5.74, 6) is 0.934. The van der Waals surface area contributed by atoms with Crippen molar-refractivity contribution in [2.75, 3.05) is 0 Å². The van der Waals surface area contributed by atoms with Crippen LogP contribution in [-0.4, -0.2) is 5.78 Å². The summed E-state index contributed by atoms with van der Waals surface area (Å²) in [4.78, 5) is 13.3. The molecule has 0 radical (unpaired) electrons. The van der Waals surface area contributed by atoms with Gasteiger partial charge in [0.25, 0.3) is 0 Å². The molecule has 0 aliphatic heterocycles. The average molecular weight is 437 g/mol. The number of furan rings is 1. The van der Waals surface area contributed by atoms with Crippen LogP contribution >= 0.6 is 15.9 Å². The first-order chi connectivity index (χ1) is 13.0. The molecule has 0 unspecified atom stereocenters. The number of carbonyl (C=O) groups is 1. The minimum absolute atomic E-state index is 0.0816. The molecule has 0 N–H and O–H groups in total. The Bertz CT molecular complexity index is 1130. The summed E-state index contributed by atoms with van der Waals surface area (Å²) >= 11 is 3.51. The molecule has 0 saturated heterocycles. The first-order valence-corrected chi connectivity index (χ1v) is 10.4. The van der Waals surface area contributed by atoms with Crippen molar-refractivity contribution in [1.82, 2.24) is 0 Å². The molecule has 4 rings (SSSR count). The Hall–Kier alpha value is -2.13. The second kappa shape index (κ2) is 6.18. The van der Waals surface area contributed by atoms with Crippen molar-refractivity contribution in [1.29, 1.82) is 0 Å². The molecular weight excluding hydrogens is 412 g/mol. The summed E-state index contributed by atoms with van der Waals surface area (Å²) in [6.45, 7) is 12.8. The minimum atomic E-state index is -0.238. The molecule has 2 nitrogen and oxygen atoms in total. The zero-order chi connectivity index (χ0) is 20.4. The molecule has 0 saturated carbocycles. The number of Topliss-reactive ketones (excluding diaryl/α,β-unsaturated/α-hetero) is 1. The number of ketones is 1. The van der Waals surface area contributed by atoms with Crippen molar-refractivity contribution in [2.45, 2.75) is 47.0 Å². The monoisotopic (exact) mass is 436 g/mol. The van der Waals surface area contributed by atoms with Gasteiger partial charge in [-0.25, -0.2) is 0 Å². The number of rotatable bonds is 1. The lowest BCUT2D eigenvalue weighted by molar-refractivity contribution is 0.101. The molecule has 0 amide bonds. The van der Waals surface area contributed by atoms with Gasteiger partial charge in [-0.05, 0) is 35.1 Å². The Morgan fingerprint density at radius 1 is 0.857 bits per heavy atom. The van der Waals surface area contributed by atoms with Crippen molar-refractivity contribution in [3.8, 4) is 11.3 Å². The number of hydrogen-bond donors (Lipinski definition) is 0. The Balaban J connectivity index is 2.12. The van der Waals surface area contributed by atoms with Gasteiger partial charge < -0.3 is 4.42 Å². The maximum Gasteiger partial charge on any atom is 0.190 e. The second-order valence-corrected chi connectivity index (χ2v) is 10.5. The van der Waals surface area contributed by atoms with Crippen molar-refractivity contribution in [3.63, 3.8) is 0 Å². The lowest BCUT2D eigenvalue weighted by Crippen LogP contribution is -2.21. The molecule has 2 aromatic carbocycles. The van der Waals surface area contributed by atoms with Gasteiger partial charge in [-0.15, -0.1) is 0 Å². The third-order valence-electron chi connectivity index (χ3n) is 5.38. The van der Waals surface area contributed by atoms with Crippen molar-refractivity contribution in [3.05, 3.63) is 63.1 Å². The third kappa shape index (κ3) is 2.97. The molecule has 1 aliphatic carbocycles. The van der Waals surface area contributed by atoms with Crippen LogP contribution in [0.5, 0.6) is 0 Å². The van der Waals surface area contributed by atoms with Crippen LogP contribution in [0.1, 0.15) is 63.0 Å². The normalized spacial score (nSPS) is 14.5. The first kappa shape index (κ1) is 19.2. The largest absolute Gasteiger partial charge is 0.455 e. The summed E-state index contributed by atoms with van der Waals surface area (Å²) in [6, 6.07) is 12.2. The molecule has 28 heavy (non-hydrogen) atoms. The highest BCUT2D eigenvalue weighted by Gasteiger charge is 2.34. The molecule has 0 spiro atoms. The van der Waals surface area contributed by atoms with Gasteiger partial charge in [-0.1, -0.05) is 75.7 Å². The van der Waals surface area contributed by atoms with E-state index in [1.165, 1.54) is 0 Å². The standard InChI is InChI=1S/C25H25BrO2/c1-24(2,3)18-12-11-16-20-17(13-19(21(16)27)25(4,5)6)22(28-23(18)20)14-7-9-15(26)10-8-14/h7-13H,1-6H3. The van der Waals surface area contributed by atoms with E-state index in [2.05, 4.69) is 75.7 Å². The van der Waals surface area contributed by atoms with Gasteiger partial charge in [-0.3, -0.25) is 4.79 Å². The fourth-order valence-electron chi connectivity index (χ4n) is 3.87. The van der Waals surface area contributed by atoms with Gasteiger partial charge >= 0.3 is 0 Å². The van der Waals surface area contributed by atoms with Gasteiger partial charge in [-0.2, -0.15) is 0 Å². The lowest BCUT2D eigenvalue weighted by Gasteiger charge is -2.26. The quantitative estimate of drug-likeness (QED) is 0.389. The molecule has 0 atom stereocenters. The van der Waals surface area contributed by atoms with Crippen molar-refractivity contribution < 1.29 is 9.21 Å². The van der Waals surface area contributed by atoms with Crippen LogP contribution < -0.4 is 0 Å². The van der Waals surface area contributed by atoms with Gasteiger partial charge in [0.15, 0.2) is 5.78 Å². The summed E-state index contributed by atoms with van der Waals surface area (Å²) in [5, 5.41) is 0.948. The van der Waals surface area contributed by atoms with Crippen LogP contribution in [0.3, 0.4) is 0 Å². The van der Waals surface area contributed by atoms with E-state index in [0.717, 1.165) is 49.0 Å². The minimum Gasteiger partial charge on any atom is -0.455 e. The Morgan fingerprint density at radius 3 is 2.07 bits per heavy atom. The summed E-state index contributed by atoms with van der Waals surface area (Å²) in [6.07, 6.45) is 2.05. The number of halogens is 1. The van der Waals surface area contributed by atoms with E-state index in [1.54, 1.807) is 0 Å². The highest BCUT2D eigenvalue weighted by molar-refractivity contribution is 9.10. The highest BCUT2D eigenvalue weighted by Crippen LogP contribution is 2.46. The van der Waals surface area contributed by atoms with Crippen LogP contribution in [0.25, 0.3) is 28.4 Å². The van der Waals surface area contributed by atoms with Crippen LogP contribution in [0, 0.1) is 5.41 Å². The molecular formula is C25H25BrO2. The maximum atomic E-state index is 13.3. The van der Waals surface area contributed by atoms with Crippen LogP contribution in [0.4, 0.5) is 0 Å². The van der Waals surface area contributed by atoms with Gasteiger partial charge in [0.05, 0.1) is 0 Å². The molecule has 1 aliphatic rings. The molecule has 3 heteroatoms. The summed E-state index contributed by atoms with van der Waals surface area (Å²) < 4.78 is 7.52. The smallest absolute Gasteiger partial charge is 0.190 e. The first-order valence-electron chi connectivity index (χ1n) is 9.61. The fraction of sp³-hybridized carbons (Fsp3) is 0.320. The molecule has 144 valence electrons. The van der Waals surface area contributed by atoms with E-state index in [1.807, 2.05) is 24.3 Å². The predicted molar refractivity (Wildman–Crippen MR) is 120 cm³/mol. The van der Waals surface area contributed by atoms with E-state index in [0.29, 0.717) is 0 Å². The summed E-state index contributed by atoms with van der Waals surface area (Å²) in [7, 11) is 0. The molecule has 1 aromatic heterocycles. The molecule has 3 aromatic rings. The Labute approximate surface area is 174 Å². The Morgan fingerprint density at radius 2 is 1.50 bits per heavy atom. The van der Waals surface area contributed by atoms with Crippen LogP contribution in [0.15, 0.2) is 50.9 Å². The second-order valence-electron chi connectivity index (χ2n) is 9.60. The summed E-state index contributed by atoms with van der Waals surface area (Å²) in [5.41, 5.74) is 5.23. The van der Waals surface area contributed by atoms with Crippen molar-refractivity contribution >= 4 is 38.8 Å². The predicted octanol–water partition coefficient (Wildman–Crippen LogP) is 7.79. The van der Waals surface area contributed by atoms with E-state index < -0.39 is 0 Å². The van der Waals surface area contributed by atoms with Crippen LogP contribution in [0.2, 0.25) is 0 Å². The Kier molecular flexibility index (Phi) is 4.24. The molecule has 0 fully saturated rings. The molecule has 1 heterocycles. The highest BCUT2D eigenvalue weighted by atomic mass is 79.9. The van der Waals surface area contributed by atoms with Gasteiger partial charge in [0.1, 0.15) is 11.3 Å². The third-order valence-corrected chi connectivity index (χ3v) is 5.90. The van der Waals surface area contributed by atoms with E-state index in [9.17, 15) is 4.79 Å². The zero-order valence-corrected chi connectivity index (χ0v) is 18.8.